The Bertz CT molecular complexity index is 169. The van der Waals surface area contributed by atoms with Gasteiger partial charge in [0.1, 0.15) is 6.23 Å². The molecule has 14 heavy (non-hydrogen) atoms. The van der Waals surface area contributed by atoms with Crippen LogP contribution in [0.4, 0.5) is 0 Å². The lowest BCUT2D eigenvalue weighted by atomic mass is 10.1. The van der Waals surface area contributed by atoms with Crippen LogP contribution in [-0.2, 0) is 0 Å². The Morgan fingerprint density at radius 2 is 2.00 bits per heavy atom. The highest BCUT2D eigenvalue weighted by Crippen LogP contribution is 2.18. The van der Waals surface area contributed by atoms with Crippen molar-refractivity contribution in [3.63, 3.8) is 0 Å². The van der Waals surface area contributed by atoms with Gasteiger partial charge in [-0.2, -0.15) is 12.6 Å². The molecule has 3 heteroatoms. The Hall–Kier alpha value is 0.01000. The van der Waals surface area contributed by atoms with E-state index in [2.05, 4.69) is 24.1 Å². The van der Waals surface area contributed by atoms with Crippen molar-refractivity contribution in [3.8, 4) is 0 Å². The summed E-state index contributed by atoms with van der Waals surface area (Å²) in [6, 6.07) is 0. The van der Waals surface area contributed by atoms with E-state index in [0.29, 0.717) is 0 Å². The van der Waals surface area contributed by atoms with Crippen LogP contribution in [0.3, 0.4) is 0 Å². The van der Waals surface area contributed by atoms with Crippen molar-refractivity contribution in [1.29, 1.82) is 0 Å². The Balaban J connectivity index is 2.29. The minimum absolute atomic E-state index is 0.0612. The van der Waals surface area contributed by atoms with Gasteiger partial charge in [0.05, 0.1) is 0 Å². The third-order valence-corrected chi connectivity index (χ3v) is 3.30. The van der Waals surface area contributed by atoms with E-state index < -0.39 is 0 Å². The first-order chi connectivity index (χ1) is 6.75. The zero-order valence-electron chi connectivity index (χ0n) is 8.73. The van der Waals surface area contributed by atoms with Crippen LogP contribution in [0, 0.1) is 0 Å². The fourth-order valence-electron chi connectivity index (χ4n) is 1.86. The molecule has 0 aromatic heterocycles. The van der Waals surface area contributed by atoms with Crippen LogP contribution >= 0.6 is 12.6 Å². The van der Waals surface area contributed by atoms with Crippen LogP contribution < -0.4 is 0 Å². The van der Waals surface area contributed by atoms with Crippen LogP contribution in [0.2, 0.25) is 0 Å². The number of allylic oxidation sites excluding steroid dienone is 1. The largest absolute Gasteiger partial charge is 0.377 e. The van der Waals surface area contributed by atoms with Crippen molar-refractivity contribution in [3.05, 3.63) is 12.7 Å². The van der Waals surface area contributed by atoms with E-state index in [1.807, 2.05) is 6.08 Å². The molecule has 82 valence electrons. The van der Waals surface area contributed by atoms with E-state index in [0.717, 1.165) is 25.9 Å². The summed E-state index contributed by atoms with van der Waals surface area (Å²) in [7, 11) is 0. The second kappa shape index (κ2) is 6.49. The van der Waals surface area contributed by atoms with Gasteiger partial charge in [-0.3, -0.25) is 4.90 Å². The molecule has 0 saturated carbocycles. The maximum Gasteiger partial charge on any atom is 0.119 e. The first kappa shape index (κ1) is 12.1. The maximum atomic E-state index is 9.98. The molecule has 0 bridgehead atoms. The van der Waals surface area contributed by atoms with E-state index in [1.54, 1.807) is 0 Å². The predicted molar refractivity (Wildman–Crippen MR) is 63.6 cm³/mol. The van der Waals surface area contributed by atoms with Gasteiger partial charge in [-0.25, -0.2) is 0 Å². The van der Waals surface area contributed by atoms with Gasteiger partial charge in [-0.1, -0.05) is 12.5 Å². The number of nitrogens with zero attached hydrogens (tertiary/aromatic N) is 1. The Morgan fingerprint density at radius 3 is 2.57 bits per heavy atom. The Kier molecular flexibility index (Phi) is 5.60. The number of piperidine rings is 1. The number of likely N-dealkylation sites (tertiary alicyclic amines) is 1. The third-order valence-electron chi connectivity index (χ3n) is 2.78. The number of hydrogen-bond acceptors (Lipinski definition) is 3. The summed E-state index contributed by atoms with van der Waals surface area (Å²) in [5.74, 6) is 0. The number of aliphatic hydroxyl groups is 1. The first-order valence-electron chi connectivity index (χ1n) is 5.47. The van der Waals surface area contributed by atoms with Crippen molar-refractivity contribution >= 4 is 12.6 Å². The number of aliphatic hydroxyl groups excluding tert-OH is 1. The van der Waals surface area contributed by atoms with Gasteiger partial charge in [0, 0.05) is 18.3 Å². The lowest BCUT2D eigenvalue weighted by molar-refractivity contribution is -0.00939. The molecule has 1 rings (SSSR count). The van der Waals surface area contributed by atoms with E-state index >= 15 is 0 Å². The van der Waals surface area contributed by atoms with Crippen molar-refractivity contribution in [2.45, 2.75) is 43.6 Å². The van der Waals surface area contributed by atoms with Gasteiger partial charge >= 0.3 is 0 Å². The molecule has 1 heterocycles. The Morgan fingerprint density at radius 1 is 1.36 bits per heavy atom. The van der Waals surface area contributed by atoms with E-state index in [9.17, 15) is 5.11 Å². The molecule has 1 fully saturated rings. The minimum Gasteiger partial charge on any atom is -0.377 e. The van der Waals surface area contributed by atoms with Crippen molar-refractivity contribution in [2.75, 3.05) is 13.1 Å². The molecule has 0 spiro atoms. The van der Waals surface area contributed by atoms with Crippen LogP contribution in [0.5, 0.6) is 0 Å². The van der Waals surface area contributed by atoms with Crippen LogP contribution in [0.15, 0.2) is 12.7 Å². The molecule has 2 unspecified atom stereocenters. The van der Waals surface area contributed by atoms with Gasteiger partial charge in [-0.15, -0.1) is 6.58 Å². The highest BCUT2D eigenvalue weighted by molar-refractivity contribution is 7.81. The van der Waals surface area contributed by atoms with Crippen LogP contribution in [0.1, 0.15) is 32.1 Å². The van der Waals surface area contributed by atoms with Crippen LogP contribution in [0.25, 0.3) is 0 Å². The SMILES string of the molecule is C=CCCC(S)C(O)N1CCCCC1. The Labute approximate surface area is 92.4 Å². The summed E-state index contributed by atoms with van der Waals surface area (Å²) in [6.07, 6.45) is 7.05. The molecule has 0 amide bonds. The molecule has 0 aromatic rings. The van der Waals surface area contributed by atoms with Crippen molar-refractivity contribution in [2.24, 2.45) is 0 Å². The van der Waals surface area contributed by atoms with Gasteiger partial charge in [0.2, 0.25) is 0 Å². The van der Waals surface area contributed by atoms with Gasteiger partial charge < -0.3 is 5.11 Å². The molecule has 1 N–H and O–H groups in total. The first-order valence-corrected chi connectivity index (χ1v) is 5.98. The quantitative estimate of drug-likeness (QED) is 0.542. The van der Waals surface area contributed by atoms with E-state index in [4.69, 9.17) is 0 Å². The van der Waals surface area contributed by atoms with E-state index in [1.165, 1.54) is 19.3 Å². The number of rotatable bonds is 5. The minimum atomic E-state index is -0.376. The highest BCUT2D eigenvalue weighted by Gasteiger charge is 2.23. The monoisotopic (exact) mass is 215 g/mol. The second-order valence-corrected chi connectivity index (χ2v) is 4.61. The summed E-state index contributed by atoms with van der Waals surface area (Å²) >= 11 is 4.43. The summed E-state index contributed by atoms with van der Waals surface area (Å²) in [6.45, 7) is 5.72. The topological polar surface area (TPSA) is 23.5 Å². The average molecular weight is 215 g/mol. The van der Waals surface area contributed by atoms with Crippen LogP contribution in [-0.4, -0.2) is 34.6 Å². The predicted octanol–water partition coefficient (Wildman–Crippen LogP) is 2.06. The fraction of sp³-hybridized carbons (Fsp3) is 0.818. The zero-order chi connectivity index (χ0) is 10.4. The average Bonchev–Trinajstić information content (AvgIpc) is 2.26. The smallest absolute Gasteiger partial charge is 0.119 e. The molecule has 0 aliphatic carbocycles. The molecule has 2 nitrogen and oxygen atoms in total. The third kappa shape index (κ3) is 3.64. The lowest BCUT2D eigenvalue weighted by Gasteiger charge is -2.33. The molecular weight excluding hydrogens is 194 g/mol. The van der Waals surface area contributed by atoms with Gasteiger partial charge in [0.25, 0.3) is 0 Å². The van der Waals surface area contributed by atoms with Crippen molar-refractivity contribution < 1.29 is 5.11 Å². The molecule has 0 aromatic carbocycles. The normalized spacial score (nSPS) is 23.0. The molecule has 1 aliphatic rings. The lowest BCUT2D eigenvalue weighted by Crippen LogP contribution is -2.44. The maximum absolute atomic E-state index is 9.98. The fourth-order valence-corrected chi connectivity index (χ4v) is 2.20. The molecule has 1 aliphatic heterocycles. The molecule has 1 saturated heterocycles. The number of hydrogen-bond donors (Lipinski definition) is 2. The summed E-state index contributed by atoms with van der Waals surface area (Å²) < 4.78 is 0. The molecular formula is C11H21NOS. The van der Waals surface area contributed by atoms with Gasteiger partial charge in [0.15, 0.2) is 0 Å². The molecule has 2 atom stereocenters. The molecule has 0 radical (unpaired) electrons. The standard InChI is InChI=1S/C11H21NOS/c1-2-3-7-10(14)11(13)12-8-5-4-6-9-12/h2,10-11,13-14H,1,3-9H2. The van der Waals surface area contributed by atoms with Crippen molar-refractivity contribution in [1.82, 2.24) is 4.90 Å². The summed E-state index contributed by atoms with van der Waals surface area (Å²) in [5.41, 5.74) is 0. The summed E-state index contributed by atoms with van der Waals surface area (Å²) in [4.78, 5) is 2.14. The second-order valence-electron chi connectivity index (χ2n) is 3.94. The highest BCUT2D eigenvalue weighted by atomic mass is 32.1. The van der Waals surface area contributed by atoms with Gasteiger partial charge in [-0.05, 0) is 25.7 Å². The summed E-state index contributed by atoms with van der Waals surface area (Å²) in [5, 5.41) is 10.0. The van der Waals surface area contributed by atoms with E-state index in [-0.39, 0.29) is 11.5 Å². The zero-order valence-corrected chi connectivity index (χ0v) is 9.62. The number of thiol groups is 1.